The molecule has 0 rings (SSSR count). The molecular formula is C15H34N4O. The van der Waals surface area contributed by atoms with Gasteiger partial charge in [0.15, 0.2) is 5.96 Å². The molecule has 0 aliphatic heterocycles. The molecular weight excluding hydrogens is 252 g/mol. The Morgan fingerprint density at radius 3 is 2.50 bits per heavy atom. The maximum absolute atomic E-state index is 5.78. The van der Waals surface area contributed by atoms with Crippen molar-refractivity contribution in [3.8, 4) is 0 Å². The second-order valence-electron chi connectivity index (χ2n) is 5.32. The number of hydrogen-bond donors (Lipinski definition) is 2. The minimum absolute atomic E-state index is 0.564. The molecule has 3 N–H and O–H groups in total. The molecule has 0 fully saturated rings. The Balaban J connectivity index is 3.26. The van der Waals surface area contributed by atoms with Gasteiger partial charge in [-0.3, -0.25) is 4.99 Å². The number of nitrogens with one attached hydrogen (secondary N) is 1. The van der Waals surface area contributed by atoms with Crippen molar-refractivity contribution in [1.82, 2.24) is 10.2 Å². The monoisotopic (exact) mass is 286 g/mol. The van der Waals surface area contributed by atoms with Gasteiger partial charge in [0.25, 0.3) is 0 Å². The average Bonchev–Trinajstić information content (AvgIpc) is 2.41. The fraction of sp³-hybridized carbons (Fsp3) is 0.933. The number of rotatable bonds is 13. The molecule has 20 heavy (non-hydrogen) atoms. The van der Waals surface area contributed by atoms with Gasteiger partial charge in [0.2, 0.25) is 0 Å². The van der Waals surface area contributed by atoms with Crippen molar-refractivity contribution in [1.29, 1.82) is 0 Å². The second kappa shape index (κ2) is 14.6. The number of hydrogen-bond acceptors (Lipinski definition) is 3. The normalized spacial score (nSPS) is 12.1. The molecule has 120 valence electrons. The van der Waals surface area contributed by atoms with E-state index in [-0.39, 0.29) is 0 Å². The minimum Gasteiger partial charge on any atom is -0.382 e. The smallest absolute Gasteiger partial charge is 0.188 e. The molecule has 0 heterocycles. The standard InChI is InChI=1S/C15H34N4O/c1-4-20-14-10-12-18-15(16)17-11-8-6-5-7-9-13-19(2)3/h4-14H2,1-3H3,(H3,16,17,18). The topological polar surface area (TPSA) is 62.9 Å². The summed E-state index contributed by atoms with van der Waals surface area (Å²) in [5.74, 6) is 0.564. The molecule has 0 aromatic rings. The van der Waals surface area contributed by atoms with Gasteiger partial charge in [0.1, 0.15) is 0 Å². The first-order chi connectivity index (χ1) is 9.66. The zero-order chi connectivity index (χ0) is 15.1. The van der Waals surface area contributed by atoms with Crippen LogP contribution in [0.1, 0.15) is 45.4 Å². The third-order valence-corrected chi connectivity index (χ3v) is 3.02. The van der Waals surface area contributed by atoms with Crippen molar-refractivity contribution in [3.63, 3.8) is 0 Å². The highest BCUT2D eigenvalue weighted by Crippen LogP contribution is 2.02. The fourth-order valence-corrected chi connectivity index (χ4v) is 1.87. The Labute approximate surface area is 125 Å². The van der Waals surface area contributed by atoms with Crippen LogP contribution < -0.4 is 11.1 Å². The number of guanidine groups is 1. The van der Waals surface area contributed by atoms with Gasteiger partial charge in [0, 0.05) is 26.3 Å². The summed E-state index contributed by atoms with van der Waals surface area (Å²) < 4.78 is 5.24. The summed E-state index contributed by atoms with van der Waals surface area (Å²) in [4.78, 5) is 6.50. The molecule has 0 aromatic carbocycles. The highest BCUT2D eigenvalue weighted by atomic mass is 16.5. The SMILES string of the molecule is CCOCCCN=C(N)NCCCCCCCN(C)C. The summed E-state index contributed by atoms with van der Waals surface area (Å²) in [5.41, 5.74) is 5.78. The molecule has 5 heteroatoms. The van der Waals surface area contributed by atoms with E-state index in [4.69, 9.17) is 10.5 Å². The van der Waals surface area contributed by atoms with E-state index < -0.39 is 0 Å². The first kappa shape index (κ1) is 19.2. The second-order valence-corrected chi connectivity index (χ2v) is 5.32. The molecule has 0 aromatic heterocycles. The highest BCUT2D eigenvalue weighted by molar-refractivity contribution is 5.77. The lowest BCUT2D eigenvalue weighted by Crippen LogP contribution is -2.32. The number of ether oxygens (including phenoxy) is 1. The summed E-state index contributed by atoms with van der Waals surface area (Å²) >= 11 is 0. The van der Waals surface area contributed by atoms with Gasteiger partial charge in [0.05, 0.1) is 0 Å². The third kappa shape index (κ3) is 15.2. The van der Waals surface area contributed by atoms with E-state index in [1.54, 1.807) is 0 Å². The van der Waals surface area contributed by atoms with E-state index in [0.29, 0.717) is 5.96 Å². The van der Waals surface area contributed by atoms with Gasteiger partial charge in [-0.2, -0.15) is 0 Å². The van der Waals surface area contributed by atoms with E-state index in [2.05, 4.69) is 29.3 Å². The molecule has 5 nitrogen and oxygen atoms in total. The summed E-state index contributed by atoms with van der Waals surface area (Å²) in [5, 5.41) is 3.16. The van der Waals surface area contributed by atoms with Crippen LogP contribution in [0, 0.1) is 0 Å². The van der Waals surface area contributed by atoms with Gasteiger partial charge in [-0.1, -0.05) is 19.3 Å². The molecule has 0 unspecified atom stereocenters. The lowest BCUT2D eigenvalue weighted by molar-refractivity contribution is 0.146. The van der Waals surface area contributed by atoms with Gasteiger partial charge < -0.3 is 20.7 Å². The average molecular weight is 286 g/mol. The molecule has 0 saturated heterocycles. The fourth-order valence-electron chi connectivity index (χ4n) is 1.87. The predicted molar refractivity (Wildman–Crippen MR) is 87.2 cm³/mol. The number of unbranched alkanes of at least 4 members (excludes halogenated alkanes) is 4. The summed E-state index contributed by atoms with van der Waals surface area (Å²) in [6.45, 7) is 6.39. The number of nitrogens with zero attached hydrogens (tertiary/aromatic N) is 2. The summed E-state index contributed by atoms with van der Waals surface area (Å²) in [6, 6.07) is 0. The van der Waals surface area contributed by atoms with Crippen LogP contribution in [0.3, 0.4) is 0 Å². The van der Waals surface area contributed by atoms with Gasteiger partial charge in [-0.05, 0) is 46.8 Å². The zero-order valence-corrected chi connectivity index (χ0v) is 13.7. The Morgan fingerprint density at radius 1 is 1.10 bits per heavy atom. The highest BCUT2D eigenvalue weighted by Gasteiger charge is 1.94. The van der Waals surface area contributed by atoms with E-state index in [0.717, 1.165) is 39.1 Å². The minimum atomic E-state index is 0.564. The molecule has 0 amide bonds. The van der Waals surface area contributed by atoms with E-state index in [9.17, 15) is 0 Å². The van der Waals surface area contributed by atoms with Crippen LogP contribution in [0.4, 0.5) is 0 Å². The van der Waals surface area contributed by atoms with Crippen LogP contribution in [0.25, 0.3) is 0 Å². The third-order valence-electron chi connectivity index (χ3n) is 3.02. The molecule has 0 bridgehead atoms. The van der Waals surface area contributed by atoms with Crippen molar-refractivity contribution < 1.29 is 4.74 Å². The van der Waals surface area contributed by atoms with E-state index >= 15 is 0 Å². The first-order valence-electron chi connectivity index (χ1n) is 7.93. The lowest BCUT2D eigenvalue weighted by atomic mass is 10.1. The van der Waals surface area contributed by atoms with Crippen molar-refractivity contribution in [2.75, 3.05) is 46.9 Å². The molecule has 0 aliphatic rings. The van der Waals surface area contributed by atoms with Crippen LogP contribution in [-0.4, -0.2) is 57.8 Å². The van der Waals surface area contributed by atoms with Crippen molar-refractivity contribution in [3.05, 3.63) is 0 Å². The van der Waals surface area contributed by atoms with E-state index in [1.165, 1.54) is 32.2 Å². The maximum Gasteiger partial charge on any atom is 0.188 e. The Hall–Kier alpha value is -0.810. The van der Waals surface area contributed by atoms with Crippen LogP contribution in [0.5, 0.6) is 0 Å². The van der Waals surface area contributed by atoms with E-state index in [1.807, 2.05) is 6.92 Å². The summed E-state index contributed by atoms with van der Waals surface area (Å²) in [7, 11) is 4.25. The van der Waals surface area contributed by atoms with Crippen molar-refractivity contribution >= 4 is 5.96 Å². The molecule has 0 aliphatic carbocycles. The van der Waals surface area contributed by atoms with Crippen LogP contribution >= 0.6 is 0 Å². The number of nitrogens with two attached hydrogens (primary N) is 1. The summed E-state index contributed by atoms with van der Waals surface area (Å²) in [6.07, 6.45) is 7.28. The molecule has 0 atom stereocenters. The Bertz CT molecular complexity index is 232. The van der Waals surface area contributed by atoms with Gasteiger partial charge >= 0.3 is 0 Å². The predicted octanol–water partition coefficient (Wildman–Crippen LogP) is 1.83. The number of aliphatic imine (C=N–C) groups is 1. The lowest BCUT2D eigenvalue weighted by Gasteiger charge is -2.09. The van der Waals surface area contributed by atoms with Crippen LogP contribution in [-0.2, 0) is 4.74 Å². The molecule has 0 radical (unpaired) electrons. The van der Waals surface area contributed by atoms with Crippen LogP contribution in [0.2, 0.25) is 0 Å². The van der Waals surface area contributed by atoms with Gasteiger partial charge in [-0.25, -0.2) is 0 Å². The molecule has 0 saturated carbocycles. The molecule has 0 spiro atoms. The van der Waals surface area contributed by atoms with Crippen molar-refractivity contribution in [2.24, 2.45) is 10.7 Å². The quantitative estimate of drug-likeness (QED) is 0.308. The van der Waals surface area contributed by atoms with Crippen molar-refractivity contribution in [2.45, 2.75) is 45.4 Å². The zero-order valence-electron chi connectivity index (χ0n) is 13.7. The first-order valence-corrected chi connectivity index (χ1v) is 7.93. The largest absolute Gasteiger partial charge is 0.382 e. The maximum atomic E-state index is 5.78. The Morgan fingerprint density at radius 2 is 1.80 bits per heavy atom. The Kier molecular flexibility index (Phi) is 14.0. The van der Waals surface area contributed by atoms with Crippen LogP contribution in [0.15, 0.2) is 4.99 Å². The van der Waals surface area contributed by atoms with Gasteiger partial charge in [-0.15, -0.1) is 0 Å².